The molecule has 2 heteroatoms. The Bertz CT molecular complexity index is 286. The maximum absolute atomic E-state index is 5.33. The first-order valence-electron chi connectivity index (χ1n) is 5.96. The molecule has 0 aromatic heterocycles. The molecule has 0 aliphatic heterocycles. The highest BCUT2D eigenvalue weighted by atomic mass is 16.5. The zero-order chi connectivity index (χ0) is 12.0. The summed E-state index contributed by atoms with van der Waals surface area (Å²) in [5, 5.41) is 0. The summed E-state index contributed by atoms with van der Waals surface area (Å²) in [5.74, 6) is 0. The van der Waals surface area contributed by atoms with Crippen LogP contribution in [0.1, 0.15) is 31.9 Å². The van der Waals surface area contributed by atoms with E-state index in [4.69, 9.17) is 4.74 Å². The maximum atomic E-state index is 5.33. The predicted octanol–water partition coefficient (Wildman–Crippen LogP) is 3.10. The monoisotopic (exact) mass is 221 g/mol. The fourth-order valence-electron chi connectivity index (χ4n) is 1.88. The van der Waals surface area contributed by atoms with Crippen LogP contribution in [-0.2, 0) is 4.74 Å². The standard InChI is InChI=1S/C14H23NO/c1-5-12(2)15(3)14(11-16-4)13-9-7-6-8-10-13/h6-10,12,14H,5,11H2,1-4H3/t12-,14+/m1/s1. The number of hydrogen-bond acceptors (Lipinski definition) is 2. The molecule has 0 aliphatic rings. The molecule has 0 radical (unpaired) electrons. The quantitative estimate of drug-likeness (QED) is 0.732. The van der Waals surface area contributed by atoms with Crippen LogP contribution in [0.2, 0.25) is 0 Å². The van der Waals surface area contributed by atoms with E-state index in [1.807, 2.05) is 0 Å². The van der Waals surface area contributed by atoms with Gasteiger partial charge in [0.2, 0.25) is 0 Å². The molecule has 2 atom stereocenters. The van der Waals surface area contributed by atoms with Crippen LogP contribution in [0.3, 0.4) is 0 Å². The molecule has 0 heterocycles. The van der Waals surface area contributed by atoms with E-state index in [-0.39, 0.29) is 0 Å². The van der Waals surface area contributed by atoms with Gasteiger partial charge in [-0.1, -0.05) is 37.3 Å². The molecule has 0 saturated heterocycles. The lowest BCUT2D eigenvalue weighted by atomic mass is 10.0. The van der Waals surface area contributed by atoms with E-state index in [2.05, 4.69) is 56.1 Å². The summed E-state index contributed by atoms with van der Waals surface area (Å²) in [6.07, 6.45) is 1.16. The number of nitrogens with zero attached hydrogens (tertiary/aromatic N) is 1. The van der Waals surface area contributed by atoms with Crippen LogP contribution in [0.25, 0.3) is 0 Å². The van der Waals surface area contributed by atoms with Crippen molar-refractivity contribution >= 4 is 0 Å². The van der Waals surface area contributed by atoms with Crippen molar-refractivity contribution in [3.8, 4) is 0 Å². The van der Waals surface area contributed by atoms with Gasteiger partial charge in [-0.05, 0) is 26.0 Å². The number of likely N-dealkylation sites (N-methyl/N-ethyl adjacent to an activating group) is 1. The van der Waals surface area contributed by atoms with E-state index in [1.165, 1.54) is 5.56 Å². The van der Waals surface area contributed by atoms with Crippen LogP contribution in [0.15, 0.2) is 30.3 Å². The van der Waals surface area contributed by atoms with Crippen molar-refractivity contribution in [2.45, 2.75) is 32.4 Å². The summed E-state index contributed by atoms with van der Waals surface area (Å²) in [5.41, 5.74) is 1.33. The third-order valence-corrected chi connectivity index (χ3v) is 3.29. The topological polar surface area (TPSA) is 12.5 Å². The molecule has 1 aromatic carbocycles. The number of rotatable bonds is 6. The second kappa shape index (κ2) is 6.66. The maximum Gasteiger partial charge on any atom is 0.0659 e. The highest BCUT2D eigenvalue weighted by Crippen LogP contribution is 2.22. The Hall–Kier alpha value is -0.860. The van der Waals surface area contributed by atoms with E-state index in [0.717, 1.165) is 13.0 Å². The first-order valence-corrected chi connectivity index (χ1v) is 5.96. The van der Waals surface area contributed by atoms with Crippen LogP contribution < -0.4 is 0 Å². The Kier molecular flexibility index (Phi) is 5.50. The summed E-state index contributed by atoms with van der Waals surface area (Å²) >= 11 is 0. The lowest BCUT2D eigenvalue weighted by molar-refractivity contribution is 0.0830. The Morgan fingerprint density at radius 2 is 1.88 bits per heavy atom. The van der Waals surface area contributed by atoms with Gasteiger partial charge < -0.3 is 4.74 Å². The average molecular weight is 221 g/mol. The van der Waals surface area contributed by atoms with Crippen LogP contribution in [-0.4, -0.2) is 31.7 Å². The first kappa shape index (κ1) is 13.2. The Labute approximate surface area is 99.2 Å². The van der Waals surface area contributed by atoms with Crippen molar-refractivity contribution < 1.29 is 4.74 Å². The molecule has 0 bridgehead atoms. The van der Waals surface area contributed by atoms with Crippen molar-refractivity contribution in [2.24, 2.45) is 0 Å². The van der Waals surface area contributed by atoms with Gasteiger partial charge in [-0.25, -0.2) is 0 Å². The van der Waals surface area contributed by atoms with Gasteiger partial charge >= 0.3 is 0 Å². The highest BCUT2D eigenvalue weighted by molar-refractivity contribution is 5.19. The third kappa shape index (κ3) is 3.32. The Morgan fingerprint density at radius 1 is 1.25 bits per heavy atom. The molecule has 0 N–H and O–H groups in total. The second-order valence-electron chi connectivity index (χ2n) is 4.30. The Balaban J connectivity index is 2.82. The fourth-order valence-corrected chi connectivity index (χ4v) is 1.88. The van der Waals surface area contributed by atoms with E-state index < -0.39 is 0 Å². The fraction of sp³-hybridized carbons (Fsp3) is 0.571. The molecule has 1 aromatic rings. The van der Waals surface area contributed by atoms with Gasteiger partial charge in [0.1, 0.15) is 0 Å². The minimum atomic E-state index is 0.348. The normalized spacial score (nSPS) is 15.1. The number of benzene rings is 1. The average Bonchev–Trinajstić information content (AvgIpc) is 2.35. The first-order chi connectivity index (χ1) is 7.70. The van der Waals surface area contributed by atoms with Crippen LogP contribution in [0.5, 0.6) is 0 Å². The highest BCUT2D eigenvalue weighted by Gasteiger charge is 2.20. The van der Waals surface area contributed by atoms with Gasteiger partial charge in [-0.2, -0.15) is 0 Å². The largest absolute Gasteiger partial charge is 0.383 e. The third-order valence-electron chi connectivity index (χ3n) is 3.29. The van der Waals surface area contributed by atoms with Crippen molar-refractivity contribution in [1.82, 2.24) is 4.90 Å². The molecule has 0 unspecified atom stereocenters. The summed E-state index contributed by atoms with van der Waals surface area (Å²) in [6.45, 7) is 5.21. The molecule has 0 spiro atoms. The Morgan fingerprint density at radius 3 is 2.38 bits per heavy atom. The van der Waals surface area contributed by atoms with Crippen LogP contribution in [0, 0.1) is 0 Å². The van der Waals surface area contributed by atoms with E-state index in [1.54, 1.807) is 7.11 Å². The lowest BCUT2D eigenvalue weighted by Crippen LogP contribution is -2.35. The molecule has 90 valence electrons. The summed E-state index contributed by atoms with van der Waals surface area (Å²) in [4.78, 5) is 2.39. The molecule has 0 fully saturated rings. The van der Waals surface area contributed by atoms with Crippen molar-refractivity contribution in [2.75, 3.05) is 20.8 Å². The van der Waals surface area contributed by atoms with E-state index >= 15 is 0 Å². The lowest BCUT2D eigenvalue weighted by Gasteiger charge is -2.32. The van der Waals surface area contributed by atoms with Gasteiger partial charge in [-0.15, -0.1) is 0 Å². The molecule has 0 aliphatic carbocycles. The molecule has 0 saturated carbocycles. The molecule has 16 heavy (non-hydrogen) atoms. The molecular formula is C14H23NO. The number of methoxy groups -OCH3 is 1. The molecule has 2 nitrogen and oxygen atoms in total. The zero-order valence-corrected chi connectivity index (χ0v) is 10.8. The molecule has 1 rings (SSSR count). The second-order valence-corrected chi connectivity index (χ2v) is 4.30. The summed E-state index contributed by atoms with van der Waals surface area (Å²) in [7, 11) is 3.94. The predicted molar refractivity (Wildman–Crippen MR) is 68.6 cm³/mol. The molecular weight excluding hydrogens is 198 g/mol. The smallest absolute Gasteiger partial charge is 0.0659 e. The van der Waals surface area contributed by atoms with Gasteiger partial charge in [-0.3, -0.25) is 4.90 Å². The summed E-state index contributed by atoms with van der Waals surface area (Å²) in [6, 6.07) is 11.5. The SMILES string of the molecule is CC[C@@H](C)N(C)[C@@H](COC)c1ccccc1. The summed E-state index contributed by atoms with van der Waals surface area (Å²) < 4.78 is 5.33. The van der Waals surface area contributed by atoms with Crippen molar-refractivity contribution in [1.29, 1.82) is 0 Å². The van der Waals surface area contributed by atoms with E-state index in [0.29, 0.717) is 12.1 Å². The number of hydrogen-bond donors (Lipinski definition) is 0. The van der Waals surface area contributed by atoms with Gasteiger partial charge in [0, 0.05) is 13.2 Å². The van der Waals surface area contributed by atoms with Crippen molar-refractivity contribution in [3.05, 3.63) is 35.9 Å². The minimum absolute atomic E-state index is 0.348. The van der Waals surface area contributed by atoms with Crippen molar-refractivity contribution in [3.63, 3.8) is 0 Å². The zero-order valence-electron chi connectivity index (χ0n) is 10.8. The molecule has 0 amide bonds. The van der Waals surface area contributed by atoms with Gasteiger partial charge in [0.15, 0.2) is 0 Å². The van der Waals surface area contributed by atoms with Gasteiger partial charge in [0.25, 0.3) is 0 Å². The minimum Gasteiger partial charge on any atom is -0.383 e. The number of ether oxygens (including phenoxy) is 1. The van der Waals surface area contributed by atoms with Crippen LogP contribution in [0.4, 0.5) is 0 Å². The van der Waals surface area contributed by atoms with Gasteiger partial charge in [0.05, 0.1) is 12.6 Å². The van der Waals surface area contributed by atoms with Crippen LogP contribution >= 0.6 is 0 Å². The van der Waals surface area contributed by atoms with E-state index in [9.17, 15) is 0 Å².